The molecule has 0 spiro atoms. The van der Waals surface area contributed by atoms with Gasteiger partial charge >= 0.3 is 5.97 Å². The Morgan fingerprint density at radius 1 is 1.42 bits per heavy atom. The lowest BCUT2D eigenvalue weighted by Gasteiger charge is -2.12. The molecule has 5 nitrogen and oxygen atoms in total. The van der Waals surface area contributed by atoms with Crippen LogP contribution < -0.4 is 0 Å². The van der Waals surface area contributed by atoms with Crippen LogP contribution in [0, 0.1) is 0 Å². The Labute approximate surface area is 119 Å². The van der Waals surface area contributed by atoms with Crippen LogP contribution in [-0.2, 0) is 5.41 Å². The van der Waals surface area contributed by atoms with E-state index in [1.165, 1.54) is 35.6 Å². The highest BCUT2D eigenvalue weighted by atomic mass is 32.2. The molecule has 1 N–H and O–H groups in total. The Balaban J connectivity index is 2.19. The summed E-state index contributed by atoms with van der Waals surface area (Å²) in [5.74, 6) is -0.234. The van der Waals surface area contributed by atoms with Crippen LogP contribution in [0.3, 0.4) is 0 Å². The molecule has 0 fully saturated rings. The molecule has 0 saturated carbocycles. The molecule has 2 aromatic heterocycles. The predicted octanol–water partition coefficient (Wildman–Crippen LogP) is 3.08. The molecule has 0 bridgehead atoms. The molecule has 0 unspecified atom stereocenters. The molecule has 2 heterocycles. The molecule has 2 rings (SSSR count). The summed E-state index contributed by atoms with van der Waals surface area (Å²) in [7, 11) is 0. The van der Waals surface area contributed by atoms with Crippen molar-refractivity contribution < 1.29 is 9.90 Å². The Kier molecular flexibility index (Phi) is 3.86. The molecule has 0 amide bonds. The standard InChI is InChI=1S/C12H13N3O2S2/c1-12(2,3)10-14-11(19-15-10)18-7-4-5-13-8(6-7)9(16)17/h4-6H,1-3H3,(H,16,17). The van der Waals surface area contributed by atoms with Crippen LogP contribution in [-0.4, -0.2) is 25.4 Å². The van der Waals surface area contributed by atoms with Crippen LogP contribution in [0.4, 0.5) is 0 Å². The first kappa shape index (κ1) is 14.0. The van der Waals surface area contributed by atoms with Crippen LogP contribution in [0.25, 0.3) is 0 Å². The number of aromatic carboxylic acids is 1. The minimum Gasteiger partial charge on any atom is -0.477 e. The maximum atomic E-state index is 10.8. The molecule has 0 aromatic carbocycles. The zero-order chi connectivity index (χ0) is 14.0. The highest BCUT2D eigenvalue weighted by molar-refractivity contribution is 8.01. The topological polar surface area (TPSA) is 76.0 Å². The maximum Gasteiger partial charge on any atom is 0.354 e. The molecule has 0 aliphatic heterocycles. The highest BCUT2D eigenvalue weighted by Crippen LogP contribution is 2.31. The third-order valence-corrected chi connectivity index (χ3v) is 3.97. The number of carboxylic acids is 1. The van der Waals surface area contributed by atoms with E-state index in [0.717, 1.165) is 15.1 Å². The van der Waals surface area contributed by atoms with Crippen molar-refractivity contribution in [1.82, 2.24) is 14.3 Å². The van der Waals surface area contributed by atoms with E-state index >= 15 is 0 Å². The fourth-order valence-corrected chi connectivity index (χ4v) is 3.04. The van der Waals surface area contributed by atoms with Gasteiger partial charge in [-0.2, -0.15) is 4.37 Å². The van der Waals surface area contributed by atoms with Crippen molar-refractivity contribution in [2.75, 3.05) is 0 Å². The van der Waals surface area contributed by atoms with E-state index in [9.17, 15) is 4.79 Å². The molecule has 0 radical (unpaired) electrons. The summed E-state index contributed by atoms with van der Waals surface area (Å²) in [4.78, 5) is 19.9. The Morgan fingerprint density at radius 2 is 2.16 bits per heavy atom. The average molecular weight is 295 g/mol. The number of carbonyl (C=O) groups is 1. The van der Waals surface area contributed by atoms with Crippen LogP contribution in [0.15, 0.2) is 27.6 Å². The van der Waals surface area contributed by atoms with E-state index in [0.29, 0.717) is 0 Å². The van der Waals surface area contributed by atoms with Crippen molar-refractivity contribution in [1.29, 1.82) is 0 Å². The van der Waals surface area contributed by atoms with Gasteiger partial charge < -0.3 is 5.11 Å². The lowest BCUT2D eigenvalue weighted by Crippen LogP contribution is -2.12. The number of nitrogens with zero attached hydrogens (tertiary/aromatic N) is 3. The Bertz CT molecular complexity index is 605. The van der Waals surface area contributed by atoms with E-state index in [4.69, 9.17) is 5.11 Å². The second kappa shape index (κ2) is 5.26. The monoisotopic (exact) mass is 295 g/mol. The normalized spacial score (nSPS) is 11.5. The van der Waals surface area contributed by atoms with Crippen molar-refractivity contribution in [2.45, 2.75) is 35.4 Å². The summed E-state index contributed by atoms with van der Waals surface area (Å²) >= 11 is 2.72. The van der Waals surface area contributed by atoms with Gasteiger partial charge in [-0.1, -0.05) is 32.5 Å². The number of carboxylic acid groups (broad SMARTS) is 1. The van der Waals surface area contributed by atoms with Gasteiger partial charge in [0.05, 0.1) is 0 Å². The van der Waals surface area contributed by atoms with Gasteiger partial charge in [-0.3, -0.25) is 0 Å². The van der Waals surface area contributed by atoms with Gasteiger partial charge in [-0.05, 0) is 23.7 Å². The van der Waals surface area contributed by atoms with Crippen LogP contribution in [0.1, 0.15) is 37.1 Å². The molecule has 19 heavy (non-hydrogen) atoms. The second-order valence-corrected chi connectivity index (χ2v) is 6.99. The Hall–Kier alpha value is -1.47. The van der Waals surface area contributed by atoms with Crippen molar-refractivity contribution in [2.24, 2.45) is 0 Å². The molecule has 7 heteroatoms. The summed E-state index contributed by atoms with van der Waals surface area (Å²) in [6.07, 6.45) is 1.48. The molecule has 0 aliphatic carbocycles. The summed E-state index contributed by atoms with van der Waals surface area (Å²) in [5.41, 5.74) is -0.0506. The lowest BCUT2D eigenvalue weighted by molar-refractivity contribution is 0.0690. The molecule has 0 atom stereocenters. The summed E-state index contributed by atoms with van der Waals surface area (Å²) in [6, 6.07) is 3.29. The fraction of sp³-hybridized carbons (Fsp3) is 0.333. The van der Waals surface area contributed by atoms with Crippen LogP contribution in [0.2, 0.25) is 0 Å². The number of rotatable bonds is 3. The van der Waals surface area contributed by atoms with E-state index in [1.807, 2.05) is 0 Å². The van der Waals surface area contributed by atoms with Gasteiger partial charge in [0.15, 0.2) is 4.34 Å². The molecule has 2 aromatic rings. The van der Waals surface area contributed by atoms with E-state index in [2.05, 4.69) is 35.1 Å². The summed E-state index contributed by atoms with van der Waals surface area (Å²) in [5, 5.41) is 8.89. The Morgan fingerprint density at radius 3 is 2.74 bits per heavy atom. The SMILES string of the molecule is CC(C)(C)c1nsc(Sc2ccnc(C(=O)O)c2)n1. The van der Waals surface area contributed by atoms with Crippen LogP contribution >= 0.6 is 23.3 Å². The average Bonchev–Trinajstić information content (AvgIpc) is 2.77. The van der Waals surface area contributed by atoms with E-state index < -0.39 is 5.97 Å². The lowest BCUT2D eigenvalue weighted by atomic mass is 9.96. The summed E-state index contributed by atoms with van der Waals surface area (Å²) < 4.78 is 5.12. The number of aromatic nitrogens is 3. The number of hydrogen-bond acceptors (Lipinski definition) is 6. The first-order chi connectivity index (χ1) is 8.86. The van der Waals surface area contributed by atoms with Gasteiger partial charge in [0, 0.05) is 16.5 Å². The quantitative estimate of drug-likeness (QED) is 0.937. The summed E-state index contributed by atoms with van der Waals surface area (Å²) in [6.45, 7) is 6.16. The molecular formula is C12H13N3O2S2. The second-order valence-electron chi connectivity index (χ2n) is 4.92. The minimum atomic E-state index is -1.03. The predicted molar refractivity (Wildman–Crippen MR) is 73.9 cm³/mol. The third-order valence-electron chi connectivity index (χ3n) is 2.23. The maximum absolute atomic E-state index is 10.8. The van der Waals surface area contributed by atoms with Crippen molar-refractivity contribution in [3.05, 3.63) is 29.8 Å². The third kappa shape index (κ3) is 3.51. The van der Waals surface area contributed by atoms with Gasteiger partial charge in [0.1, 0.15) is 11.5 Å². The molecule has 0 aliphatic rings. The molecular weight excluding hydrogens is 282 g/mol. The highest BCUT2D eigenvalue weighted by Gasteiger charge is 2.20. The van der Waals surface area contributed by atoms with Gasteiger partial charge in [0.2, 0.25) is 0 Å². The van der Waals surface area contributed by atoms with Gasteiger partial charge in [-0.15, -0.1) is 0 Å². The minimum absolute atomic E-state index is 0.0329. The zero-order valence-corrected chi connectivity index (χ0v) is 12.4. The first-order valence-corrected chi connectivity index (χ1v) is 7.16. The zero-order valence-electron chi connectivity index (χ0n) is 10.7. The van der Waals surface area contributed by atoms with Crippen molar-refractivity contribution in [3.63, 3.8) is 0 Å². The first-order valence-electron chi connectivity index (χ1n) is 5.57. The van der Waals surface area contributed by atoms with Crippen LogP contribution in [0.5, 0.6) is 0 Å². The van der Waals surface area contributed by atoms with Crippen molar-refractivity contribution in [3.8, 4) is 0 Å². The molecule has 100 valence electrons. The number of hydrogen-bond donors (Lipinski definition) is 1. The van der Waals surface area contributed by atoms with Crippen molar-refractivity contribution >= 4 is 29.3 Å². The fourth-order valence-electron chi connectivity index (χ4n) is 1.25. The largest absolute Gasteiger partial charge is 0.477 e. The van der Waals surface area contributed by atoms with Gasteiger partial charge in [-0.25, -0.2) is 14.8 Å². The van der Waals surface area contributed by atoms with E-state index in [-0.39, 0.29) is 11.1 Å². The van der Waals surface area contributed by atoms with E-state index in [1.54, 1.807) is 6.07 Å². The molecule has 0 saturated heterocycles. The van der Waals surface area contributed by atoms with Gasteiger partial charge in [0.25, 0.3) is 0 Å². The smallest absolute Gasteiger partial charge is 0.354 e. The number of pyridine rings is 1.